The molecule has 1 heterocycles. The van der Waals surface area contributed by atoms with Crippen LogP contribution in [0.2, 0.25) is 0 Å². The van der Waals surface area contributed by atoms with Crippen LogP contribution < -0.4 is 11.1 Å². The van der Waals surface area contributed by atoms with Crippen LogP contribution in [0.1, 0.15) is 17.3 Å². The summed E-state index contributed by atoms with van der Waals surface area (Å²) in [5.41, 5.74) is 7.19. The summed E-state index contributed by atoms with van der Waals surface area (Å²) < 4.78 is 6.14. The zero-order chi connectivity index (χ0) is 17.1. The molecular formula is C17H15N3O3S. The largest absolute Gasteiger partial charge is 0.449 e. The summed E-state index contributed by atoms with van der Waals surface area (Å²) in [6.45, 7) is 1.51. The number of fused-ring (bicyclic) bond motifs is 1. The van der Waals surface area contributed by atoms with Gasteiger partial charge in [-0.1, -0.05) is 29.5 Å². The highest BCUT2D eigenvalue weighted by Gasteiger charge is 2.20. The molecule has 2 aromatic carbocycles. The number of para-hydroxylation sites is 1. The first-order valence-electron chi connectivity index (χ1n) is 7.26. The zero-order valence-electron chi connectivity index (χ0n) is 12.9. The molecule has 1 atom stereocenters. The van der Waals surface area contributed by atoms with E-state index in [1.807, 2.05) is 24.3 Å². The second-order valence-electron chi connectivity index (χ2n) is 5.15. The number of nitrogens with two attached hydrogens (primary N) is 1. The van der Waals surface area contributed by atoms with Crippen LogP contribution in [0.3, 0.4) is 0 Å². The van der Waals surface area contributed by atoms with Gasteiger partial charge in [0.15, 0.2) is 11.2 Å². The number of anilines is 2. The number of thiazole rings is 1. The van der Waals surface area contributed by atoms with E-state index in [4.69, 9.17) is 10.5 Å². The van der Waals surface area contributed by atoms with Crippen LogP contribution in [-0.4, -0.2) is 23.0 Å². The molecule has 0 radical (unpaired) electrons. The average Bonchev–Trinajstić information content (AvgIpc) is 2.96. The number of carbonyl (C=O) groups is 2. The Balaban J connectivity index is 1.65. The molecule has 0 aliphatic carbocycles. The third-order valence-electron chi connectivity index (χ3n) is 3.30. The van der Waals surface area contributed by atoms with Crippen LogP contribution in [0.15, 0.2) is 48.5 Å². The average molecular weight is 341 g/mol. The molecule has 3 rings (SSSR count). The highest BCUT2D eigenvalue weighted by atomic mass is 32.1. The molecule has 0 saturated heterocycles. The highest BCUT2D eigenvalue weighted by molar-refractivity contribution is 7.22. The maximum atomic E-state index is 12.2. The van der Waals surface area contributed by atoms with Gasteiger partial charge in [0.2, 0.25) is 0 Å². The molecule has 0 aliphatic heterocycles. The van der Waals surface area contributed by atoms with E-state index in [1.54, 1.807) is 18.2 Å². The number of nitrogens with one attached hydrogen (secondary N) is 1. The number of carbonyl (C=O) groups excluding carboxylic acids is 2. The second kappa shape index (κ2) is 6.67. The third kappa shape index (κ3) is 3.52. The molecule has 7 heteroatoms. The first-order chi connectivity index (χ1) is 11.5. The number of hydrogen-bond donors (Lipinski definition) is 2. The molecule has 122 valence electrons. The predicted octanol–water partition coefficient (Wildman–Crippen LogP) is 3.06. The van der Waals surface area contributed by atoms with Crippen LogP contribution in [0, 0.1) is 0 Å². The summed E-state index contributed by atoms with van der Waals surface area (Å²) in [6, 6.07) is 14.0. The van der Waals surface area contributed by atoms with Crippen molar-refractivity contribution < 1.29 is 14.3 Å². The van der Waals surface area contributed by atoms with E-state index in [1.165, 1.54) is 24.3 Å². The third-order valence-corrected chi connectivity index (χ3v) is 4.25. The first-order valence-corrected chi connectivity index (χ1v) is 8.07. The van der Waals surface area contributed by atoms with Gasteiger partial charge in [-0.05, 0) is 37.3 Å². The Morgan fingerprint density at radius 1 is 1.21 bits per heavy atom. The van der Waals surface area contributed by atoms with Crippen LogP contribution in [0.5, 0.6) is 0 Å². The van der Waals surface area contributed by atoms with E-state index >= 15 is 0 Å². The smallest absolute Gasteiger partial charge is 0.338 e. The molecule has 3 N–H and O–H groups in total. The molecule has 3 aromatic rings. The molecular weight excluding hydrogens is 326 g/mol. The van der Waals surface area contributed by atoms with Crippen molar-refractivity contribution >= 4 is 44.2 Å². The van der Waals surface area contributed by atoms with Crippen LogP contribution in [-0.2, 0) is 9.53 Å². The lowest BCUT2D eigenvalue weighted by Crippen LogP contribution is -2.29. The number of rotatable bonds is 4. The maximum Gasteiger partial charge on any atom is 0.338 e. The molecule has 0 spiro atoms. The number of aromatic nitrogens is 1. The first kappa shape index (κ1) is 15.9. The second-order valence-corrected chi connectivity index (χ2v) is 6.18. The van der Waals surface area contributed by atoms with Crippen LogP contribution >= 0.6 is 11.3 Å². The van der Waals surface area contributed by atoms with E-state index in [9.17, 15) is 9.59 Å². The molecule has 0 saturated carbocycles. The molecule has 0 aliphatic rings. The van der Waals surface area contributed by atoms with E-state index in [0.29, 0.717) is 16.4 Å². The minimum atomic E-state index is -0.953. The number of esters is 1. The summed E-state index contributed by atoms with van der Waals surface area (Å²) in [4.78, 5) is 28.5. The number of nitrogens with zero attached hydrogens (tertiary/aromatic N) is 1. The van der Waals surface area contributed by atoms with Crippen molar-refractivity contribution in [1.82, 2.24) is 4.98 Å². The standard InChI is InChI=1S/C17H15N3O3S/c1-10(23-16(22)11-5-4-6-12(18)9-11)15(21)20-17-19-13-7-2-3-8-14(13)24-17/h2-10H,18H2,1H3,(H,19,20,21). The predicted molar refractivity (Wildman–Crippen MR) is 94.0 cm³/mol. The zero-order valence-corrected chi connectivity index (χ0v) is 13.7. The van der Waals surface area contributed by atoms with Crippen molar-refractivity contribution in [2.24, 2.45) is 0 Å². The summed E-state index contributed by atoms with van der Waals surface area (Å²) in [5.74, 6) is -1.04. The lowest BCUT2D eigenvalue weighted by molar-refractivity contribution is -0.123. The summed E-state index contributed by atoms with van der Waals surface area (Å²) in [6.07, 6.45) is -0.953. The number of nitrogen functional groups attached to an aromatic ring is 1. The van der Waals surface area contributed by atoms with Gasteiger partial charge < -0.3 is 10.5 Å². The molecule has 0 bridgehead atoms. The van der Waals surface area contributed by atoms with E-state index in [0.717, 1.165) is 10.2 Å². The Morgan fingerprint density at radius 2 is 2.00 bits per heavy atom. The Kier molecular flexibility index (Phi) is 4.43. The van der Waals surface area contributed by atoms with Gasteiger partial charge in [-0.15, -0.1) is 0 Å². The SMILES string of the molecule is CC(OC(=O)c1cccc(N)c1)C(=O)Nc1nc2ccccc2s1. The number of benzene rings is 2. The Labute approximate surface area is 142 Å². The van der Waals surface area contributed by atoms with Gasteiger partial charge in [0.25, 0.3) is 5.91 Å². The van der Waals surface area contributed by atoms with Crippen molar-refractivity contribution in [2.75, 3.05) is 11.1 Å². The number of ether oxygens (including phenoxy) is 1. The lowest BCUT2D eigenvalue weighted by Gasteiger charge is -2.12. The molecule has 0 fully saturated rings. The number of amides is 1. The minimum absolute atomic E-state index is 0.301. The van der Waals surface area contributed by atoms with Crippen molar-refractivity contribution in [3.8, 4) is 0 Å². The summed E-state index contributed by atoms with van der Waals surface area (Å²) in [7, 11) is 0. The van der Waals surface area contributed by atoms with Crippen molar-refractivity contribution in [3.05, 3.63) is 54.1 Å². The topological polar surface area (TPSA) is 94.3 Å². The summed E-state index contributed by atoms with van der Waals surface area (Å²) >= 11 is 1.36. The molecule has 6 nitrogen and oxygen atoms in total. The van der Waals surface area contributed by atoms with E-state index in [-0.39, 0.29) is 0 Å². The van der Waals surface area contributed by atoms with Crippen LogP contribution in [0.4, 0.5) is 10.8 Å². The quantitative estimate of drug-likeness (QED) is 0.562. The Bertz CT molecular complexity index is 874. The van der Waals surface area contributed by atoms with Crippen molar-refractivity contribution in [1.29, 1.82) is 0 Å². The van der Waals surface area contributed by atoms with Crippen molar-refractivity contribution in [3.63, 3.8) is 0 Å². The highest BCUT2D eigenvalue weighted by Crippen LogP contribution is 2.25. The van der Waals surface area contributed by atoms with Gasteiger partial charge >= 0.3 is 5.97 Å². The fraction of sp³-hybridized carbons (Fsp3) is 0.118. The fourth-order valence-electron chi connectivity index (χ4n) is 2.08. The molecule has 1 aromatic heterocycles. The van der Waals surface area contributed by atoms with E-state index in [2.05, 4.69) is 10.3 Å². The molecule has 1 amide bonds. The monoisotopic (exact) mass is 341 g/mol. The molecule has 24 heavy (non-hydrogen) atoms. The minimum Gasteiger partial charge on any atom is -0.449 e. The van der Waals surface area contributed by atoms with Gasteiger partial charge in [0.05, 0.1) is 15.8 Å². The van der Waals surface area contributed by atoms with Gasteiger partial charge in [-0.25, -0.2) is 9.78 Å². The van der Waals surface area contributed by atoms with Gasteiger partial charge in [-0.2, -0.15) is 0 Å². The van der Waals surface area contributed by atoms with Crippen LogP contribution in [0.25, 0.3) is 10.2 Å². The van der Waals surface area contributed by atoms with Crippen molar-refractivity contribution in [2.45, 2.75) is 13.0 Å². The van der Waals surface area contributed by atoms with Gasteiger partial charge in [-0.3, -0.25) is 10.1 Å². The van der Waals surface area contributed by atoms with Gasteiger partial charge in [0.1, 0.15) is 0 Å². The Morgan fingerprint density at radius 3 is 2.75 bits per heavy atom. The fourth-order valence-corrected chi connectivity index (χ4v) is 2.95. The Hall–Kier alpha value is -2.93. The summed E-state index contributed by atoms with van der Waals surface area (Å²) in [5, 5.41) is 3.13. The number of hydrogen-bond acceptors (Lipinski definition) is 6. The lowest BCUT2D eigenvalue weighted by atomic mass is 10.2. The van der Waals surface area contributed by atoms with Gasteiger partial charge in [0, 0.05) is 5.69 Å². The maximum absolute atomic E-state index is 12.2. The normalized spacial score (nSPS) is 11.9. The molecule has 1 unspecified atom stereocenters. The van der Waals surface area contributed by atoms with E-state index < -0.39 is 18.0 Å².